The van der Waals surface area contributed by atoms with Gasteiger partial charge < -0.3 is 10.1 Å². The van der Waals surface area contributed by atoms with Crippen molar-refractivity contribution in [3.8, 4) is 0 Å². The maximum atomic E-state index is 11.6. The summed E-state index contributed by atoms with van der Waals surface area (Å²) in [7, 11) is 0. The van der Waals surface area contributed by atoms with Crippen molar-refractivity contribution >= 4 is 23.3 Å². The number of hydrogen-bond acceptors (Lipinski definition) is 8. The molecule has 144 valence electrons. The summed E-state index contributed by atoms with van der Waals surface area (Å²) >= 11 is 1.27. The van der Waals surface area contributed by atoms with Crippen LogP contribution in [0.3, 0.4) is 0 Å². The van der Waals surface area contributed by atoms with Gasteiger partial charge in [-0.15, -0.1) is 0 Å². The van der Waals surface area contributed by atoms with Crippen molar-refractivity contribution in [2.45, 2.75) is 23.3 Å². The summed E-state index contributed by atoms with van der Waals surface area (Å²) in [5.74, 6) is 0.270. The van der Waals surface area contributed by atoms with E-state index in [1.165, 1.54) is 18.1 Å². The summed E-state index contributed by atoms with van der Waals surface area (Å²) in [6, 6.07) is 7.81. The standard InChI is InChI=1S/C18H23N5O3S/c1-14-3-5-15(6-4-14)27-18-16(23(24)25)17(20-13-21-18)19-7-2-8-22-9-11-26-12-10-22/h3-6,13H,2,7-12H2,1H3,(H,19,20,21). The Morgan fingerprint density at radius 3 is 2.70 bits per heavy atom. The van der Waals surface area contributed by atoms with E-state index in [1.54, 1.807) is 0 Å². The molecular formula is C18H23N5O3S. The van der Waals surface area contributed by atoms with E-state index in [4.69, 9.17) is 4.74 Å². The van der Waals surface area contributed by atoms with E-state index in [-0.39, 0.29) is 11.5 Å². The molecule has 1 aliphatic rings. The SMILES string of the molecule is Cc1ccc(Sc2ncnc(NCCCN3CCOCC3)c2[N+](=O)[O-])cc1. The molecule has 1 aliphatic heterocycles. The minimum atomic E-state index is -0.416. The highest BCUT2D eigenvalue weighted by Gasteiger charge is 2.23. The van der Waals surface area contributed by atoms with Gasteiger partial charge in [-0.05, 0) is 32.0 Å². The van der Waals surface area contributed by atoms with E-state index in [1.807, 2.05) is 31.2 Å². The van der Waals surface area contributed by atoms with Gasteiger partial charge in [0.1, 0.15) is 6.33 Å². The summed E-state index contributed by atoms with van der Waals surface area (Å²) in [6.07, 6.45) is 2.25. The molecule has 2 aromatic rings. The molecule has 0 amide bonds. The Hall–Kier alpha value is -2.23. The Balaban J connectivity index is 1.63. The van der Waals surface area contributed by atoms with E-state index < -0.39 is 4.92 Å². The van der Waals surface area contributed by atoms with Gasteiger partial charge >= 0.3 is 5.69 Å². The topological polar surface area (TPSA) is 93.4 Å². The molecule has 1 N–H and O–H groups in total. The summed E-state index contributed by atoms with van der Waals surface area (Å²) in [5, 5.41) is 15.1. The number of ether oxygens (including phenoxy) is 1. The number of aromatic nitrogens is 2. The predicted molar refractivity (Wildman–Crippen MR) is 104 cm³/mol. The molecule has 8 nitrogen and oxygen atoms in total. The first-order valence-corrected chi connectivity index (χ1v) is 9.73. The summed E-state index contributed by atoms with van der Waals surface area (Å²) < 4.78 is 5.33. The van der Waals surface area contributed by atoms with Crippen molar-refractivity contribution in [1.82, 2.24) is 14.9 Å². The molecule has 1 saturated heterocycles. The molecule has 1 fully saturated rings. The largest absolute Gasteiger partial charge is 0.379 e. The fourth-order valence-electron chi connectivity index (χ4n) is 2.78. The number of nitro groups is 1. The Morgan fingerprint density at radius 2 is 2.00 bits per heavy atom. The van der Waals surface area contributed by atoms with Gasteiger partial charge in [-0.1, -0.05) is 29.5 Å². The molecule has 0 aliphatic carbocycles. The normalized spacial score (nSPS) is 14.9. The first kappa shape index (κ1) is 19.5. The summed E-state index contributed by atoms with van der Waals surface area (Å²) in [6.45, 7) is 6.95. The Bertz CT molecular complexity index is 766. The number of aryl methyl sites for hydroxylation is 1. The third-order valence-corrected chi connectivity index (χ3v) is 5.25. The van der Waals surface area contributed by atoms with Gasteiger partial charge in [0.25, 0.3) is 0 Å². The van der Waals surface area contributed by atoms with Gasteiger partial charge in [-0.25, -0.2) is 9.97 Å². The van der Waals surface area contributed by atoms with Crippen molar-refractivity contribution in [3.63, 3.8) is 0 Å². The lowest BCUT2D eigenvalue weighted by molar-refractivity contribution is -0.387. The van der Waals surface area contributed by atoms with Gasteiger partial charge in [0.2, 0.25) is 5.82 Å². The number of nitrogens with one attached hydrogen (secondary N) is 1. The first-order valence-electron chi connectivity index (χ1n) is 8.91. The van der Waals surface area contributed by atoms with Crippen LogP contribution in [0.15, 0.2) is 40.5 Å². The zero-order valence-electron chi connectivity index (χ0n) is 15.3. The molecule has 2 heterocycles. The molecule has 0 saturated carbocycles. The lowest BCUT2D eigenvalue weighted by atomic mass is 10.2. The zero-order chi connectivity index (χ0) is 19.1. The molecule has 0 atom stereocenters. The lowest BCUT2D eigenvalue weighted by Crippen LogP contribution is -2.37. The van der Waals surface area contributed by atoms with E-state index in [0.29, 0.717) is 11.6 Å². The monoisotopic (exact) mass is 389 g/mol. The van der Waals surface area contributed by atoms with Crippen LogP contribution in [0.25, 0.3) is 0 Å². The number of morpholine rings is 1. The second-order valence-corrected chi connectivity index (χ2v) is 7.34. The molecule has 0 bridgehead atoms. The highest BCUT2D eigenvalue weighted by atomic mass is 32.2. The van der Waals surface area contributed by atoms with Crippen LogP contribution in [0.1, 0.15) is 12.0 Å². The van der Waals surface area contributed by atoms with Crippen LogP contribution in [0.2, 0.25) is 0 Å². The molecule has 3 rings (SSSR count). The molecule has 1 aromatic heterocycles. The summed E-state index contributed by atoms with van der Waals surface area (Å²) in [4.78, 5) is 22.7. The van der Waals surface area contributed by atoms with Crippen LogP contribution in [0.4, 0.5) is 11.5 Å². The average Bonchev–Trinajstić information content (AvgIpc) is 2.68. The van der Waals surface area contributed by atoms with E-state index in [9.17, 15) is 10.1 Å². The van der Waals surface area contributed by atoms with Crippen molar-refractivity contribution in [1.29, 1.82) is 0 Å². The minimum absolute atomic E-state index is 0.0746. The fourth-order valence-corrected chi connectivity index (χ4v) is 3.65. The molecule has 1 aromatic carbocycles. The summed E-state index contributed by atoms with van der Waals surface area (Å²) in [5.41, 5.74) is 1.06. The van der Waals surface area contributed by atoms with Crippen molar-refractivity contribution in [2.24, 2.45) is 0 Å². The first-order chi connectivity index (χ1) is 13.1. The molecule has 0 spiro atoms. The number of hydrogen-bond donors (Lipinski definition) is 1. The molecular weight excluding hydrogens is 366 g/mol. The minimum Gasteiger partial charge on any atom is -0.379 e. The number of nitrogens with zero attached hydrogens (tertiary/aromatic N) is 4. The highest BCUT2D eigenvalue weighted by molar-refractivity contribution is 7.99. The zero-order valence-corrected chi connectivity index (χ0v) is 16.1. The lowest BCUT2D eigenvalue weighted by Gasteiger charge is -2.26. The highest BCUT2D eigenvalue weighted by Crippen LogP contribution is 2.36. The van der Waals surface area contributed by atoms with Crippen molar-refractivity contribution < 1.29 is 9.66 Å². The average molecular weight is 389 g/mol. The van der Waals surface area contributed by atoms with Gasteiger partial charge in [-0.2, -0.15) is 0 Å². The van der Waals surface area contributed by atoms with E-state index in [2.05, 4.69) is 20.2 Å². The molecule has 0 radical (unpaired) electrons. The second-order valence-electron chi connectivity index (χ2n) is 6.28. The van der Waals surface area contributed by atoms with Crippen LogP contribution < -0.4 is 5.32 Å². The van der Waals surface area contributed by atoms with E-state index >= 15 is 0 Å². The Kier molecular flexibility index (Phi) is 6.97. The van der Waals surface area contributed by atoms with Crippen molar-refractivity contribution in [3.05, 3.63) is 46.3 Å². The van der Waals surface area contributed by atoms with Crippen LogP contribution in [0.5, 0.6) is 0 Å². The van der Waals surface area contributed by atoms with Crippen LogP contribution in [0, 0.1) is 17.0 Å². The van der Waals surface area contributed by atoms with Crippen LogP contribution in [-0.4, -0.2) is 59.2 Å². The molecule has 27 heavy (non-hydrogen) atoms. The van der Waals surface area contributed by atoms with Crippen molar-refractivity contribution in [2.75, 3.05) is 44.7 Å². The van der Waals surface area contributed by atoms with E-state index in [0.717, 1.165) is 49.7 Å². The fraction of sp³-hybridized carbons (Fsp3) is 0.444. The predicted octanol–water partition coefficient (Wildman–Crippen LogP) is 2.98. The number of benzene rings is 1. The maximum Gasteiger partial charge on any atom is 0.343 e. The van der Waals surface area contributed by atoms with Gasteiger partial charge in [0, 0.05) is 24.5 Å². The quantitative estimate of drug-likeness (QED) is 0.319. The van der Waals surface area contributed by atoms with Gasteiger partial charge in [0.05, 0.1) is 18.1 Å². The third-order valence-electron chi connectivity index (χ3n) is 4.25. The van der Waals surface area contributed by atoms with Gasteiger partial charge in [-0.3, -0.25) is 15.0 Å². The van der Waals surface area contributed by atoms with Crippen LogP contribution in [-0.2, 0) is 4.74 Å². The Morgan fingerprint density at radius 1 is 1.26 bits per heavy atom. The maximum absolute atomic E-state index is 11.6. The van der Waals surface area contributed by atoms with Crippen LogP contribution >= 0.6 is 11.8 Å². The smallest absolute Gasteiger partial charge is 0.343 e. The second kappa shape index (κ2) is 9.63. The third kappa shape index (κ3) is 5.62. The van der Waals surface area contributed by atoms with Gasteiger partial charge in [0.15, 0.2) is 5.03 Å². The number of rotatable bonds is 8. The number of anilines is 1. The molecule has 0 unspecified atom stereocenters. The Labute approximate surface area is 162 Å². The molecule has 9 heteroatoms.